The Bertz CT molecular complexity index is 1040. The molecular formula is C24H22FNO5. The van der Waals surface area contributed by atoms with Crippen molar-refractivity contribution in [1.29, 1.82) is 0 Å². The number of rotatable bonds is 9. The lowest BCUT2D eigenvalue weighted by Crippen LogP contribution is -2.15. The van der Waals surface area contributed by atoms with Crippen LogP contribution in [0.15, 0.2) is 72.8 Å². The van der Waals surface area contributed by atoms with Crippen molar-refractivity contribution < 1.29 is 28.2 Å². The average Bonchev–Trinajstić information content (AvgIpc) is 2.78. The van der Waals surface area contributed by atoms with Crippen LogP contribution in [0.5, 0.6) is 11.5 Å². The highest BCUT2D eigenvalue weighted by molar-refractivity contribution is 6.06. The molecule has 3 rings (SSSR count). The van der Waals surface area contributed by atoms with E-state index in [4.69, 9.17) is 14.2 Å². The standard InChI is InChI=1S/C24H22FNO5/c1-2-29-23(27)16-30-20-7-5-6-19(14-20)26-24(28)21-8-3-4-9-22(21)31-15-17-10-12-18(25)13-11-17/h3-14H,2,15-16H2,1H3,(H,26,28). The summed E-state index contributed by atoms with van der Waals surface area (Å²) in [6.45, 7) is 1.98. The molecule has 0 saturated carbocycles. The maximum atomic E-state index is 13.1. The maximum Gasteiger partial charge on any atom is 0.344 e. The molecule has 0 atom stereocenters. The zero-order valence-corrected chi connectivity index (χ0v) is 17.0. The van der Waals surface area contributed by atoms with Crippen LogP contribution in [0.3, 0.4) is 0 Å². The lowest BCUT2D eigenvalue weighted by Gasteiger charge is -2.12. The molecule has 0 aliphatic carbocycles. The van der Waals surface area contributed by atoms with Gasteiger partial charge >= 0.3 is 5.97 Å². The first-order chi connectivity index (χ1) is 15.0. The third kappa shape index (κ3) is 6.57. The Morgan fingerprint density at radius 2 is 1.71 bits per heavy atom. The number of carbonyl (C=O) groups excluding carboxylic acids is 2. The number of benzene rings is 3. The molecule has 0 fully saturated rings. The predicted molar refractivity (Wildman–Crippen MR) is 114 cm³/mol. The summed E-state index contributed by atoms with van der Waals surface area (Å²) in [7, 11) is 0. The van der Waals surface area contributed by atoms with E-state index in [1.807, 2.05) is 0 Å². The van der Waals surface area contributed by atoms with Crippen molar-refractivity contribution in [3.05, 3.63) is 89.7 Å². The lowest BCUT2D eigenvalue weighted by molar-refractivity contribution is -0.145. The average molecular weight is 423 g/mol. The van der Waals surface area contributed by atoms with Crippen molar-refractivity contribution in [2.45, 2.75) is 13.5 Å². The Labute approximate surface area is 179 Å². The Balaban J connectivity index is 1.64. The van der Waals surface area contributed by atoms with E-state index >= 15 is 0 Å². The van der Waals surface area contributed by atoms with Gasteiger partial charge in [-0.2, -0.15) is 0 Å². The summed E-state index contributed by atoms with van der Waals surface area (Å²) in [6, 6.07) is 19.5. The van der Waals surface area contributed by atoms with E-state index in [2.05, 4.69) is 5.32 Å². The molecule has 0 radical (unpaired) electrons. The third-order valence-corrected chi connectivity index (χ3v) is 4.19. The molecule has 7 heteroatoms. The van der Waals surface area contributed by atoms with Crippen LogP contribution in [0.1, 0.15) is 22.8 Å². The molecule has 0 saturated heterocycles. The van der Waals surface area contributed by atoms with E-state index in [0.29, 0.717) is 22.7 Å². The molecule has 160 valence electrons. The number of esters is 1. The van der Waals surface area contributed by atoms with Gasteiger partial charge in [-0.05, 0) is 48.9 Å². The molecule has 0 aliphatic rings. The quantitative estimate of drug-likeness (QED) is 0.509. The van der Waals surface area contributed by atoms with Gasteiger partial charge in [0.1, 0.15) is 23.9 Å². The summed E-state index contributed by atoms with van der Waals surface area (Å²) in [5.74, 6) is -0.329. The van der Waals surface area contributed by atoms with Crippen molar-refractivity contribution in [3.8, 4) is 11.5 Å². The van der Waals surface area contributed by atoms with Crippen molar-refractivity contribution in [2.75, 3.05) is 18.5 Å². The molecule has 1 amide bonds. The first kappa shape index (κ1) is 21.8. The van der Waals surface area contributed by atoms with E-state index in [1.165, 1.54) is 12.1 Å². The SMILES string of the molecule is CCOC(=O)COc1cccc(NC(=O)c2ccccc2OCc2ccc(F)cc2)c1. The molecule has 3 aromatic rings. The largest absolute Gasteiger partial charge is 0.488 e. The summed E-state index contributed by atoms with van der Waals surface area (Å²) >= 11 is 0. The summed E-state index contributed by atoms with van der Waals surface area (Å²) in [5, 5.41) is 2.79. The number of amides is 1. The zero-order chi connectivity index (χ0) is 22.1. The second-order valence-electron chi connectivity index (χ2n) is 6.49. The second-order valence-corrected chi connectivity index (χ2v) is 6.49. The molecule has 0 heterocycles. The van der Waals surface area contributed by atoms with E-state index < -0.39 is 5.97 Å². The van der Waals surface area contributed by atoms with E-state index in [9.17, 15) is 14.0 Å². The smallest absolute Gasteiger partial charge is 0.344 e. The van der Waals surface area contributed by atoms with Crippen molar-refractivity contribution in [1.82, 2.24) is 0 Å². The van der Waals surface area contributed by atoms with Crippen LogP contribution in [0.25, 0.3) is 0 Å². The number of ether oxygens (including phenoxy) is 3. The van der Waals surface area contributed by atoms with Gasteiger partial charge in [0.15, 0.2) is 6.61 Å². The molecule has 0 spiro atoms. The number of para-hydroxylation sites is 1. The molecule has 31 heavy (non-hydrogen) atoms. The Morgan fingerprint density at radius 1 is 0.935 bits per heavy atom. The highest BCUT2D eigenvalue weighted by atomic mass is 19.1. The molecular weight excluding hydrogens is 401 g/mol. The number of hydrogen-bond donors (Lipinski definition) is 1. The van der Waals surface area contributed by atoms with Crippen molar-refractivity contribution in [2.24, 2.45) is 0 Å². The van der Waals surface area contributed by atoms with Crippen LogP contribution in [0.2, 0.25) is 0 Å². The second kappa shape index (κ2) is 10.8. The molecule has 0 aromatic heterocycles. The maximum absolute atomic E-state index is 13.1. The normalized spacial score (nSPS) is 10.3. The molecule has 0 unspecified atom stereocenters. The lowest BCUT2D eigenvalue weighted by atomic mass is 10.1. The highest BCUT2D eigenvalue weighted by Gasteiger charge is 2.13. The van der Waals surface area contributed by atoms with Gasteiger partial charge in [0, 0.05) is 11.8 Å². The van der Waals surface area contributed by atoms with Gasteiger partial charge in [-0.3, -0.25) is 4.79 Å². The minimum Gasteiger partial charge on any atom is -0.488 e. The minimum absolute atomic E-state index is 0.196. The number of anilines is 1. The van der Waals surface area contributed by atoms with Crippen molar-refractivity contribution >= 4 is 17.6 Å². The van der Waals surface area contributed by atoms with Crippen LogP contribution in [-0.2, 0) is 16.1 Å². The molecule has 3 aromatic carbocycles. The fourth-order valence-electron chi connectivity index (χ4n) is 2.73. The summed E-state index contributed by atoms with van der Waals surface area (Å²) in [5.41, 5.74) is 1.63. The summed E-state index contributed by atoms with van der Waals surface area (Å²) in [6.07, 6.45) is 0. The van der Waals surface area contributed by atoms with Gasteiger partial charge in [-0.1, -0.05) is 30.3 Å². The van der Waals surface area contributed by atoms with Crippen LogP contribution >= 0.6 is 0 Å². The van der Waals surface area contributed by atoms with Crippen LogP contribution in [-0.4, -0.2) is 25.1 Å². The Morgan fingerprint density at radius 3 is 2.48 bits per heavy atom. The van der Waals surface area contributed by atoms with Gasteiger partial charge in [-0.15, -0.1) is 0 Å². The Hall–Kier alpha value is -3.87. The van der Waals surface area contributed by atoms with Crippen LogP contribution in [0, 0.1) is 5.82 Å². The number of hydrogen-bond acceptors (Lipinski definition) is 5. The summed E-state index contributed by atoms with van der Waals surface area (Å²) in [4.78, 5) is 24.2. The number of carbonyl (C=O) groups is 2. The van der Waals surface area contributed by atoms with Gasteiger partial charge in [0.2, 0.25) is 0 Å². The van der Waals surface area contributed by atoms with Crippen molar-refractivity contribution in [3.63, 3.8) is 0 Å². The first-order valence-electron chi connectivity index (χ1n) is 9.71. The van der Waals surface area contributed by atoms with Gasteiger partial charge in [-0.25, -0.2) is 9.18 Å². The molecule has 0 aliphatic heterocycles. The van der Waals surface area contributed by atoms with Crippen LogP contribution in [0.4, 0.5) is 10.1 Å². The highest BCUT2D eigenvalue weighted by Crippen LogP contribution is 2.23. The fraction of sp³-hybridized carbons (Fsp3) is 0.167. The van der Waals surface area contributed by atoms with Gasteiger partial charge in [0.05, 0.1) is 12.2 Å². The monoisotopic (exact) mass is 423 g/mol. The number of halogens is 1. The minimum atomic E-state index is -0.468. The number of nitrogens with one attached hydrogen (secondary N) is 1. The fourth-order valence-corrected chi connectivity index (χ4v) is 2.73. The van der Waals surface area contributed by atoms with E-state index in [0.717, 1.165) is 5.56 Å². The first-order valence-corrected chi connectivity index (χ1v) is 9.71. The molecule has 6 nitrogen and oxygen atoms in total. The summed E-state index contributed by atoms with van der Waals surface area (Å²) < 4.78 is 29.0. The third-order valence-electron chi connectivity index (χ3n) is 4.19. The topological polar surface area (TPSA) is 73.9 Å². The van der Waals surface area contributed by atoms with E-state index in [1.54, 1.807) is 67.6 Å². The predicted octanol–water partition coefficient (Wildman–Crippen LogP) is 4.60. The molecule has 0 bridgehead atoms. The Kier molecular flexibility index (Phi) is 7.59. The van der Waals surface area contributed by atoms with Crippen LogP contribution < -0.4 is 14.8 Å². The molecule has 1 N–H and O–H groups in total. The van der Waals surface area contributed by atoms with E-state index in [-0.39, 0.29) is 31.5 Å². The zero-order valence-electron chi connectivity index (χ0n) is 17.0. The van der Waals surface area contributed by atoms with Gasteiger partial charge in [0.25, 0.3) is 5.91 Å². The van der Waals surface area contributed by atoms with Gasteiger partial charge < -0.3 is 19.5 Å².